The summed E-state index contributed by atoms with van der Waals surface area (Å²) in [7, 11) is 0. The number of rotatable bonds is 4. The van der Waals surface area contributed by atoms with Gasteiger partial charge >= 0.3 is 24.2 Å². The second kappa shape index (κ2) is 5.26. The lowest BCUT2D eigenvalue weighted by Crippen LogP contribution is -2.74. The summed E-state index contributed by atoms with van der Waals surface area (Å²) < 4.78 is 131. The van der Waals surface area contributed by atoms with Crippen LogP contribution in [0.5, 0.6) is 0 Å². The molecule has 0 spiro atoms. The van der Waals surface area contributed by atoms with E-state index in [1.807, 2.05) is 0 Å². The minimum absolute atomic E-state index is 0.152. The van der Waals surface area contributed by atoms with Crippen LogP contribution in [-0.4, -0.2) is 34.9 Å². The van der Waals surface area contributed by atoms with Crippen molar-refractivity contribution in [2.45, 2.75) is 55.5 Å². The van der Waals surface area contributed by atoms with Crippen LogP contribution in [0.25, 0.3) is 0 Å². The highest BCUT2D eigenvalue weighted by molar-refractivity contribution is 5.20. The first-order chi connectivity index (χ1) is 11.0. The molecule has 2 bridgehead atoms. The Labute approximate surface area is 135 Å². The van der Waals surface area contributed by atoms with E-state index in [0.29, 0.717) is 0 Å². The highest BCUT2D eigenvalue weighted by Crippen LogP contribution is 2.67. The molecule has 25 heavy (non-hydrogen) atoms. The third-order valence-electron chi connectivity index (χ3n) is 5.52. The molecule has 0 aliphatic heterocycles. The molecule has 3 unspecified atom stereocenters. The maximum absolute atomic E-state index is 13.8. The lowest BCUT2D eigenvalue weighted by Gasteiger charge is -2.48. The van der Waals surface area contributed by atoms with Crippen LogP contribution in [0.15, 0.2) is 12.7 Å². The zero-order valence-corrected chi connectivity index (χ0v) is 12.5. The van der Waals surface area contributed by atoms with Gasteiger partial charge in [-0.25, -0.2) is 0 Å². The van der Waals surface area contributed by atoms with Crippen molar-refractivity contribution in [3.63, 3.8) is 0 Å². The van der Waals surface area contributed by atoms with Gasteiger partial charge in [-0.05, 0) is 37.0 Å². The first kappa shape index (κ1) is 20.3. The molecule has 146 valence electrons. The van der Waals surface area contributed by atoms with Gasteiger partial charge in [-0.15, -0.1) is 6.58 Å². The van der Waals surface area contributed by atoms with Crippen molar-refractivity contribution in [3.8, 4) is 0 Å². The van der Waals surface area contributed by atoms with E-state index in [9.17, 15) is 49.0 Å². The second-order valence-corrected chi connectivity index (χ2v) is 6.79. The molecule has 0 aromatic rings. The zero-order chi connectivity index (χ0) is 19.7. The molecule has 3 atom stereocenters. The van der Waals surface area contributed by atoms with E-state index in [1.54, 1.807) is 0 Å². The minimum Gasteiger partial charge on any atom is -0.377 e. The molecule has 0 aromatic carbocycles. The minimum atomic E-state index is -6.79. The van der Waals surface area contributed by atoms with Gasteiger partial charge in [0, 0.05) is 5.92 Å². The molecule has 2 aliphatic carbocycles. The van der Waals surface area contributed by atoms with Crippen LogP contribution < -0.4 is 0 Å². The SMILES string of the molecule is C=CC12CCC(C1)C(C(O)(C(F)(F)C(F)(F)F)C(F)(F)C(F)(F)F)C2. The number of hydrogen-bond acceptors (Lipinski definition) is 1. The van der Waals surface area contributed by atoms with Gasteiger partial charge in [0.25, 0.3) is 0 Å². The first-order valence-corrected chi connectivity index (χ1v) is 7.22. The average Bonchev–Trinajstić information content (AvgIpc) is 3.02. The first-order valence-electron chi connectivity index (χ1n) is 7.22. The van der Waals surface area contributed by atoms with Crippen LogP contribution in [0, 0.1) is 17.3 Å². The normalized spacial score (nSPS) is 31.5. The number of halogens is 10. The highest BCUT2D eigenvalue weighted by Gasteiger charge is 2.87. The van der Waals surface area contributed by atoms with Gasteiger partial charge in [-0.3, -0.25) is 0 Å². The number of hydrogen-bond donors (Lipinski definition) is 1. The van der Waals surface area contributed by atoms with Gasteiger partial charge in [-0.2, -0.15) is 43.9 Å². The maximum atomic E-state index is 13.8. The Balaban J connectivity index is 2.66. The maximum Gasteiger partial charge on any atom is 0.456 e. The van der Waals surface area contributed by atoms with Crippen molar-refractivity contribution in [2.24, 2.45) is 17.3 Å². The third kappa shape index (κ3) is 2.48. The summed E-state index contributed by atoms with van der Waals surface area (Å²) in [5.41, 5.74) is -6.78. The van der Waals surface area contributed by atoms with Gasteiger partial charge in [0.1, 0.15) is 0 Å². The summed E-state index contributed by atoms with van der Waals surface area (Å²) in [6.07, 6.45) is -13.4. The fraction of sp³-hybridized carbons (Fsp3) is 0.857. The molecule has 0 heterocycles. The molecule has 2 rings (SSSR count). The topological polar surface area (TPSA) is 20.2 Å². The summed E-state index contributed by atoms with van der Waals surface area (Å²) in [5, 5.41) is 9.80. The Morgan fingerprint density at radius 1 is 0.840 bits per heavy atom. The van der Waals surface area contributed by atoms with Gasteiger partial charge in [0.05, 0.1) is 0 Å². The molecule has 2 saturated carbocycles. The van der Waals surface area contributed by atoms with Crippen molar-refractivity contribution in [1.82, 2.24) is 0 Å². The zero-order valence-electron chi connectivity index (χ0n) is 12.5. The van der Waals surface area contributed by atoms with Crippen molar-refractivity contribution >= 4 is 0 Å². The Morgan fingerprint density at radius 2 is 1.28 bits per heavy atom. The lowest BCUT2D eigenvalue weighted by molar-refractivity contribution is -0.437. The molecule has 0 radical (unpaired) electrons. The average molecular weight is 388 g/mol. The summed E-state index contributed by atoms with van der Waals surface area (Å²) in [4.78, 5) is 0. The molecule has 2 fully saturated rings. The van der Waals surface area contributed by atoms with E-state index >= 15 is 0 Å². The van der Waals surface area contributed by atoms with E-state index in [-0.39, 0.29) is 19.3 Å². The van der Waals surface area contributed by atoms with Crippen LogP contribution >= 0.6 is 0 Å². The smallest absolute Gasteiger partial charge is 0.377 e. The van der Waals surface area contributed by atoms with Crippen LogP contribution in [0.4, 0.5) is 43.9 Å². The molecule has 1 nitrogen and oxygen atoms in total. The van der Waals surface area contributed by atoms with Crippen LogP contribution in [0.3, 0.4) is 0 Å². The number of aliphatic hydroxyl groups is 1. The lowest BCUT2D eigenvalue weighted by atomic mass is 9.67. The van der Waals surface area contributed by atoms with E-state index < -0.39 is 53.5 Å². The molecule has 0 saturated heterocycles. The number of allylic oxidation sites excluding steroid dienone is 1. The van der Waals surface area contributed by atoms with Crippen LogP contribution in [0.2, 0.25) is 0 Å². The predicted molar refractivity (Wildman–Crippen MR) is 65.0 cm³/mol. The van der Waals surface area contributed by atoms with Crippen molar-refractivity contribution in [2.75, 3.05) is 0 Å². The Hall–Kier alpha value is -1.00. The number of alkyl halides is 10. The van der Waals surface area contributed by atoms with Gasteiger partial charge < -0.3 is 5.11 Å². The summed E-state index contributed by atoms with van der Waals surface area (Å²) >= 11 is 0. The molecule has 1 N–H and O–H groups in total. The molecular weight excluding hydrogens is 374 g/mol. The van der Waals surface area contributed by atoms with Gasteiger partial charge in [0.2, 0.25) is 5.60 Å². The standard InChI is InChI=1S/C14H14F10O/c1-2-9-4-3-7(5-9)8(6-9)10(25,11(15,16)13(19,20)21)12(17,18)14(22,23)24/h2,7-8,25H,1,3-6H2. The van der Waals surface area contributed by atoms with E-state index in [1.165, 1.54) is 0 Å². The number of fused-ring (bicyclic) bond motifs is 2. The molecular formula is C14H14F10O. The monoisotopic (exact) mass is 388 g/mol. The van der Waals surface area contributed by atoms with Gasteiger partial charge in [-0.1, -0.05) is 6.08 Å². The van der Waals surface area contributed by atoms with E-state index in [2.05, 4.69) is 6.58 Å². The molecule has 11 heteroatoms. The summed E-state index contributed by atoms with van der Waals surface area (Å²) in [5.74, 6) is -17.3. The summed E-state index contributed by atoms with van der Waals surface area (Å²) in [6.45, 7) is 3.35. The Morgan fingerprint density at radius 3 is 1.60 bits per heavy atom. The quantitative estimate of drug-likeness (QED) is 0.525. The Bertz CT molecular complexity index is 523. The van der Waals surface area contributed by atoms with Crippen molar-refractivity contribution < 1.29 is 49.0 Å². The van der Waals surface area contributed by atoms with Gasteiger partial charge in [0.15, 0.2) is 0 Å². The van der Waals surface area contributed by atoms with Crippen LogP contribution in [-0.2, 0) is 0 Å². The fourth-order valence-electron chi connectivity index (χ4n) is 4.19. The third-order valence-corrected chi connectivity index (χ3v) is 5.52. The van der Waals surface area contributed by atoms with Crippen molar-refractivity contribution in [3.05, 3.63) is 12.7 Å². The predicted octanol–water partition coefficient (Wildman–Crippen LogP) is 5.11. The van der Waals surface area contributed by atoms with E-state index in [0.717, 1.165) is 6.08 Å². The fourth-order valence-corrected chi connectivity index (χ4v) is 4.19. The van der Waals surface area contributed by atoms with E-state index in [4.69, 9.17) is 0 Å². The highest BCUT2D eigenvalue weighted by atomic mass is 19.4. The second-order valence-electron chi connectivity index (χ2n) is 6.79. The van der Waals surface area contributed by atoms with Crippen LogP contribution in [0.1, 0.15) is 25.7 Å². The molecule has 2 aliphatic rings. The summed E-state index contributed by atoms with van der Waals surface area (Å²) in [6, 6.07) is 0. The van der Waals surface area contributed by atoms with Crippen molar-refractivity contribution in [1.29, 1.82) is 0 Å². The Kier molecular flexibility index (Phi) is 4.27. The molecule has 0 aromatic heterocycles. The molecule has 0 amide bonds. The largest absolute Gasteiger partial charge is 0.456 e.